The summed E-state index contributed by atoms with van der Waals surface area (Å²) in [7, 11) is 0. The summed E-state index contributed by atoms with van der Waals surface area (Å²) >= 11 is 11.2. The minimum atomic E-state index is -0.492. The fourth-order valence-corrected chi connectivity index (χ4v) is 3.28. The Morgan fingerprint density at radius 2 is 1.83 bits per heavy atom. The lowest BCUT2D eigenvalue weighted by Crippen LogP contribution is -2.23. The van der Waals surface area contributed by atoms with Crippen LogP contribution in [-0.2, 0) is 0 Å². The van der Waals surface area contributed by atoms with Crippen molar-refractivity contribution in [2.24, 2.45) is 5.10 Å². The zero-order valence-electron chi connectivity index (χ0n) is 19.4. The second kappa shape index (κ2) is 13.3. The highest BCUT2D eigenvalue weighted by Crippen LogP contribution is 2.29. The van der Waals surface area contributed by atoms with Crippen LogP contribution in [0.2, 0.25) is 5.02 Å². The van der Waals surface area contributed by atoms with Crippen molar-refractivity contribution in [1.82, 2.24) is 5.43 Å². The monoisotopic (exact) mass is 511 g/mol. The fraction of sp³-hybridized carbons (Fsp3) is 0.192. The summed E-state index contributed by atoms with van der Waals surface area (Å²) in [6, 6.07) is 19.1. The molecule has 3 aromatic carbocycles. The quantitative estimate of drug-likeness (QED) is 0.112. The van der Waals surface area contributed by atoms with Crippen molar-refractivity contribution in [3.8, 4) is 17.2 Å². The van der Waals surface area contributed by atoms with Gasteiger partial charge in [-0.25, -0.2) is 4.79 Å². The lowest BCUT2D eigenvalue weighted by molar-refractivity contribution is 0.0728. The molecule has 3 aromatic rings. The van der Waals surface area contributed by atoms with Crippen LogP contribution < -0.4 is 25.0 Å². The molecular weight excluding hydrogens is 486 g/mol. The van der Waals surface area contributed by atoms with E-state index in [9.17, 15) is 4.79 Å². The molecule has 7 nitrogen and oxygen atoms in total. The number of carbonyl (C=O) groups is 1. The Kier molecular flexibility index (Phi) is 9.89. The highest BCUT2D eigenvalue weighted by atomic mass is 35.5. The number of nitrogens with zero attached hydrogens (tertiary/aromatic N) is 1. The largest absolute Gasteiger partial charge is 0.494 e. The van der Waals surface area contributed by atoms with Gasteiger partial charge in [-0.1, -0.05) is 24.6 Å². The highest BCUT2D eigenvalue weighted by molar-refractivity contribution is 7.80. The molecule has 0 aliphatic rings. The van der Waals surface area contributed by atoms with Crippen molar-refractivity contribution in [3.05, 3.63) is 82.9 Å². The summed E-state index contributed by atoms with van der Waals surface area (Å²) in [5.74, 6) is 0.949. The number of hydrazone groups is 1. The van der Waals surface area contributed by atoms with Gasteiger partial charge < -0.3 is 19.5 Å². The fourth-order valence-electron chi connectivity index (χ4n) is 2.91. The Hall–Kier alpha value is -3.62. The van der Waals surface area contributed by atoms with Crippen LogP contribution in [0.1, 0.15) is 36.2 Å². The molecule has 0 radical (unpaired) electrons. The maximum absolute atomic E-state index is 12.6. The van der Waals surface area contributed by atoms with Crippen molar-refractivity contribution >= 4 is 46.8 Å². The topological polar surface area (TPSA) is 81.2 Å². The Bertz CT molecular complexity index is 1190. The number of halogens is 1. The van der Waals surface area contributed by atoms with Crippen LogP contribution in [0.15, 0.2) is 71.8 Å². The number of thiocarbonyl (C=S) groups is 1. The molecule has 0 heterocycles. The van der Waals surface area contributed by atoms with E-state index in [1.54, 1.807) is 60.8 Å². The number of anilines is 1. The standard InChI is InChI=1S/C26H26ClN3O4S/c1-3-14-33-22-11-9-19(10-12-22)25(31)34-23-13-8-18(15-24(23)32-4-2)17-28-30-26(35)29-21-7-5-6-20(27)16-21/h5-13,15-17H,3-4,14H2,1-2H3,(H2,29,30,35). The first kappa shape index (κ1) is 26.0. The Labute approximate surface area is 215 Å². The van der Waals surface area contributed by atoms with E-state index in [0.717, 1.165) is 17.7 Å². The first-order valence-electron chi connectivity index (χ1n) is 11.1. The van der Waals surface area contributed by atoms with E-state index in [0.29, 0.717) is 46.2 Å². The smallest absolute Gasteiger partial charge is 0.343 e. The van der Waals surface area contributed by atoms with Crippen LogP contribution in [0.5, 0.6) is 17.2 Å². The minimum absolute atomic E-state index is 0.310. The first-order valence-corrected chi connectivity index (χ1v) is 11.8. The number of carbonyl (C=O) groups excluding carboxylic acids is 1. The number of rotatable bonds is 10. The molecule has 0 amide bonds. The molecule has 0 aromatic heterocycles. The van der Waals surface area contributed by atoms with Gasteiger partial charge in [0.25, 0.3) is 0 Å². The maximum atomic E-state index is 12.6. The number of hydrogen-bond acceptors (Lipinski definition) is 6. The number of hydrogen-bond donors (Lipinski definition) is 2. The average molecular weight is 512 g/mol. The van der Waals surface area contributed by atoms with E-state index in [4.69, 9.17) is 38.0 Å². The van der Waals surface area contributed by atoms with Crippen molar-refractivity contribution in [2.45, 2.75) is 20.3 Å². The molecule has 2 N–H and O–H groups in total. The van der Waals surface area contributed by atoms with Crippen molar-refractivity contribution < 1.29 is 19.0 Å². The second-order valence-corrected chi connectivity index (χ2v) is 8.08. The van der Waals surface area contributed by atoms with Gasteiger partial charge >= 0.3 is 5.97 Å². The van der Waals surface area contributed by atoms with Gasteiger partial charge in [-0.2, -0.15) is 5.10 Å². The summed E-state index contributed by atoms with van der Waals surface area (Å²) in [4.78, 5) is 12.6. The highest BCUT2D eigenvalue weighted by Gasteiger charge is 2.13. The van der Waals surface area contributed by atoms with Crippen molar-refractivity contribution in [2.75, 3.05) is 18.5 Å². The lowest BCUT2D eigenvalue weighted by Gasteiger charge is -2.12. The molecule has 0 bridgehead atoms. The maximum Gasteiger partial charge on any atom is 0.343 e. The van der Waals surface area contributed by atoms with Crippen molar-refractivity contribution in [1.29, 1.82) is 0 Å². The summed E-state index contributed by atoms with van der Waals surface area (Å²) in [5.41, 5.74) is 4.63. The third-order valence-corrected chi connectivity index (χ3v) is 4.92. The average Bonchev–Trinajstić information content (AvgIpc) is 2.84. The van der Waals surface area contributed by atoms with Crippen LogP contribution in [0, 0.1) is 0 Å². The molecule has 0 aliphatic carbocycles. The van der Waals surface area contributed by atoms with Gasteiger partial charge in [0.15, 0.2) is 16.6 Å². The second-order valence-electron chi connectivity index (χ2n) is 7.24. The van der Waals surface area contributed by atoms with Crippen molar-refractivity contribution in [3.63, 3.8) is 0 Å². The normalized spacial score (nSPS) is 10.6. The number of esters is 1. The predicted molar refractivity (Wildman–Crippen MR) is 143 cm³/mol. The SMILES string of the molecule is CCCOc1ccc(C(=O)Oc2ccc(C=NNC(=S)Nc3cccc(Cl)c3)cc2OCC)cc1. The summed E-state index contributed by atoms with van der Waals surface area (Å²) in [6.07, 6.45) is 2.49. The molecule has 182 valence electrons. The molecule has 0 aliphatic heterocycles. The molecule has 3 rings (SSSR count). The lowest BCUT2D eigenvalue weighted by atomic mass is 10.2. The van der Waals surface area contributed by atoms with Crippen LogP contribution in [0.25, 0.3) is 0 Å². The van der Waals surface area contributed by atoms with Gasteiger partial charge in [-0.05, 0) is 91.8 Å². The number of ether oxygens (including phenoxy) is 3. The first-order chi connectivity index (χ1) is 17.0. The Balaban J connectivity index is 1.62. The van der Waals surface area contributed by atoms with Gasteiger partial charge in [-0.3, -0.25) is 5.43 Å². The van der Waals surface area contributed by atoms with Gasteiger partial charge in [0.05, 0.1) is 25.0 Å². The Morgan fingerprint density at radius 1 is 1.03 bits per heavy atom. The molecular formula is C26H26ClN3O4S. The van der Waals surface area contributed by atoms with E-state index in [2.05, 4.69) is 15.8 Å². The summed E-state index contributed by atoms with van der Waals surface area (Å²) in [5, 5.41) is 8.05. The van der Waals surface area contributed by atoms with E-state index in [-0.39, 0.29) is 0 Å². The molecule has 9 heteroatoms. The molecule has 0 spiro atoms. The third kappa shape index (κ3) is 8.27. The third-order valence-electron chi connectivity index (χ3n) is 4.50. The zero-order valence-corrected chi connectivity index (χ0v) is 21.0. The van der Waals surface area contributed by atoms with Crippen LogP contribution in [0.3, 0.4) is 0 Å². The molecule has 0 saturated heterocycles. The van der Waals surface area contributed by atoms with Gasteiger partial charge in [0.1, 0.15) is 5.75 Å². The Morgan fingerprint density at radius 3 is 2.54 bits per heavy atom. The van der Waals surface area contributed by atoms with E-state index < -0.39 is 5.97 Å². The van der Waals surface area contributed by atoms with E-state index >= 15 is 0 Å². The molecule has 35 heavy (non-hydrogen) atoms. The van der Waals surface area contributed by atoms with Crippen LogP contribution >= 0.6 is 23.8 Å². The van der Waals surface area contributed by atoms with Gasteiger partial charge in [0, 0.05) is 10.7 Å². The summed E-state index contributed by atoms with van der Waals surface area (Å²) in [6.45, 7) is 4.91. The molecule has 0 fully saturated rings. The molecule has 0 unspecified atom stereocenters. The molecule has 0 saturated carbocycles. The van der Waals surface area contributed by atoms with Crippen LogP contribution in [0.4, 0.5) is 5.69 Å². The number of benzene rings is 3. The van der Waals surface area contributed by atoms with Gasteiger partial charge in [0.2, 0.25) is 0 Å². The van der Waals surface area contributed by atoms with Gasteiger partial charge in [-0.15, -0.1) is 0 Å². The summed E-state index contributed by atoms with van der Waals surface area (Å²) < 4.78 is 16.8. The van der Waals surface area contributed by atoms with E-state index in [1.165, 1.54) is 0 Å². The number of nitrogens with one attached hydrogen (secondary N) is 2. The predicted octanol–water partition coefficient (Wildman–Crippen LogP) is 6.07. The van der Waals surface area contributed by atoms with E-state index in [1.807, 2.05) is 26.0 Å². The van der Waals surface area contributed by atoms with Crippen LogP contribution in [-0.4, -0.2) is 30.5 Å². The molecule has 0 atom stereocenters. The zero-order chi connectivity index (χ0) is 25.0. The minimum Gasteiger partial charge on any atom is -0.494 e.